The highest BCUT2D eigenvalue weighted by atomic mass is 35.5. The summed E-state index contributed by atoms with van der Waals surface area (Å²) in [5, 5.41) is 21.6. The zero-order valence-corrected chi connectivity index (χ0v) is 22.6. The molecule has 39 heavy (non-hydrogen) atoms. The van der Waals surface area contributed by atoms with Gasteiger partial charge in [0.05, 0.1) is 18.0 Å². The zero-order valence-electron chi connectivity index (χ0n) is 21.9. The van der Waals surface area contributed by atoms with Crippen LogP contribution in [0.5, 0.6) is 0 Å². The molecule has 0 bridgehead atoms. The van der Waals surface area contributed by atoms with E-state index in [0.717, 1.165) is 43.1 Å². The Balaban J connectivity index is 1.27. The van der Waals surface area contributed by atoms with Crippen molar-refractivity contribution < 1.29 is 19.5 Å². The van der Waals surface area contributed by atoms with Crippen LogP contribution < -0.4 is 0 Å². The summed E-state index contributed by atoms with van der Waals surface area (Å²) in [6, 6.07) is 8.30. The number of tetrazole rings is 1. The van der Waals surface area contributed by atoms with Gasteiger partial charge in [0, 0.05) is 49.9 Å². The largest absolute Gasteiger partial charge is 0.478 e. The van der Waals surface area contributed by atoms with Gasteiger partial charge in [0.25, 0.3) is 0 Å². The molecular formula is C27H30ClN7O4. The number of carboxylic acid groups (broad SMARTS) is 1. The molecule has 2 aliphatic rings. The van der Waals surface area contributed by atoms with Crippen LogP contribution in [0.2, 0.25) is 5.02 Å². The Morgan fingerprint density at radius 1 is 1.13 bits per heavy atom. The topological polar surface area (TPSA) is 134 Å². The van der Waals surface area contributed by atoms with Crippen molar-refractivity contribution in [3.63, 3.8) is 0 Å². The van der Waals surface area contributed by atoms with Crippen LogP contribution >= 0.6 is 11.6 Å². The Hall–Kier alpha value is -3.70. The Morgan fingerprint density at radius 2 is 1.90 bits per heavy atom. The second-order valence-corrected chi connectivity index (χ2v) is 10.7. The molecule has 1 amide bonds. The van der Waals surface area contributed by atoms with Crippen LogP contribution in [0.15, 0.2) is 30.3 Å². The fourth-order valence-electron chi connectivity index (χ4n) is 5.55. The summed E-state index contributed by atoms with van der Waals surface area (Å²) in [5.41, 5.74) is 2.83. The second kappa shape index (κ2) is 11.2. The van der Waals surface area contributed by atoms with E-state index in [4.69, 9.17) is 11.6 Å². The second-order valence-electron chi connectivity index (χ2n) is 10.3. The number of hydrogen-bond donors (Lipinski definition) is 1. The van der Waals surface area contributed by atoms with Crippen LogP contribution in [0.3, 0.4) is 0 Å². The molecule has 204 valence electrons. The molecule has 0 radical (unpaired) electrons. The summed E-state index contributed by atoms with van der Waals surface area (Å²) in [5.74, 6) is -0.985. The van der Waals surface area contributed by atoms with E-state index >= 15 is 0 Å². The number of carboxylic acids is 1. The number of likely N-dealkylation sites (tertiary alicyclic amines) is 2. The van der Waals surface area contributed by atoms with Gasteiger partial charge in [0.2, 0.25) is 5.91 Å². The lowest BCUT2D eigenvalue weighted by atomic mass is 9.98. The average Bonchev–Trinajstić information content (AvgIpc) is 3.52. The number of piperidine rings is 1. The Labute approximate surface area is 230 Å². The lowest BCUT2D eigenvalue weighted by molar-refractivity contribution is -0.137. The van der Waals surface area contributed by atoms with Gasteiger partial charge in [-0.05, 0) is 65.9 Å². The van der Waals surface area contributed by atoms with Crippen LogP contribution in [-0.4, -0.2) is 82.9 Å². The molecule has 1 aromatic carbocycles. The SMILES string of the molecule is Cc1cc(CN2CCC(N3C(=O)CC[C@@H]3C(=O)Cc3cc(C(=O)O)cc(-c4nnnn4C)n3)CC2)ccc1Cl. The number of halogens is 1. The molecule has 0 unspecified atom stereocenters. The van der Waals surface area contributed by atoms with Gasteiger partial charge in [0.15, 0.2) is 11.6 Å². The maximum absolute atomic E-state index is 13.5. The number of pyridine rings is 1. The summed E-state index contributed by atoms with van der Waals surface area (Å²) < 4.78 is 1.39. The van der Waals surface area contributed by atoms with Crippen molar-refractivity contribution >= 4 is 29.3 Å². The maximum Gasteiger partial charge on any atom is 0.335 e. The van der Waals surface area contributed by atoms with E-state index in [9.17, 15) is 19.5 Å². The molecule has 12 heteroatoms. The average molecular weight is 552 g/mol. The molecule has 3 aromatic rings. The number of carbonyl (C=O) groups excluding carboxylic acids is 2. The van der Waals surface area contributed by atoms with Gasteiger partial charge in [-0.1, -0.05) is 23.7 Å². The molecule has 2 fully saturated rings. The molecular weight excluding hydrogens is 522 g/mol. The fraction of sp³-hybridized carbons (Fsp3) is 0.444. The van der Waals surface area contributed by atoms with E-state index in [0.29, 0.717) is 24.4 Å². The van der Waals surface area contributed by atoms with Gasteiger partial charge in [0.1, 0.15) is 5.69 Å². The third kappa shape index (κ3) is 5.84. The summed E-state index contributed by atoms with van der Waals surface area (Å²) in [4.78, 5) is 46.7. The van der Waals surface area contributed by atoms with Gasteiger partial charge in [-0.2, -0.15) is 0 Å². The minimum Gasteiger partial charge on any atom is -0.478 e. The number of nitrogens with zero attached hydrogens (tertiary/aromatic N) is 7. The lowest BCUT2D eigenvalue weighted by Gasteiger charge is -2.39. The molecule has 2 saturated heterocycles. The van der Waals surface area contributed by atoms with Gasteiger partial charge in [-0.25, -0.2) is 14.5 Å². The minimum atomic E-state index is -1.14. The highest BCUT2D eigenvalue weighted by molar-refractivity contribution is 6.31. The minimum absolute atomic E-state index is 0.00165. The van der Waals surface area contributed by atoms with Crippen molar-refractivity contribution in [2.24, 2.45) is 7.05 Å². The van der Waals surface area contributed by atoms with Crippen LogP contribution in [0.4, 0.5) is 0 Å². The molecule has 2 aromatic heterocycles. The summed E-state index contributed by atoms with van der Waals surface area (Å²) in [6.07, 6.45) is 2.29. The van der Waals surface area contributed by atoms with E-state index in [2.05, 4.69) is 31.5 Å². The number of benzene rings is 1. The lowest BCUT2D eigenvalue weighted by Crippen LogP contribution is -2.50. The van der Waals surface area contributed by atoms with Crippen molar-refractivity contribution in [3.8, 4) is 11.5 Å². The molecule has 4 heterocycles. The van der Waals surface area contributed by atoms with Crippen molar-refractivity contribution in [1.29, 1.82) is 0 Å². The first-order valence-electron chi connectivity index (χ1n) is 13.0. The molecule has 0 spiro atoms. The van der Waals surface area contributed by atoms with Crippen molar-refractivity contribution in [3.05, 3.63) is 57.7 Å². The standard InChI is InChI=1S/C27H30ClN7O4/c1-16-11-17(3-4-21(16)28)15-34-9-7-20(8-10-34)35-23(5-6-25(35)37)24(36)14-19-12-18(27(38)39)13-22(29-19)26-30-31-32-33(26)2/h3-4,11-13,20,23H,5-10,14-15H2,1-2H3,(H,38,39)/t23-/m1/s1. The number of ketones is 1. The first-order valence-corrected chi connectivity index (χ1v) is 13.4. The summed E-state index contributed by atoms with van der Waals surface area (Å²) in [6.45, 7) is 4.47. The Bertz CT molecular complexity index is 1420. The highest BCUT2D eigenvalue weighted by Gasteiger charge is 2.41. The summed E-state index contributed by atoms with van der Waals surface area (Å²) >= 11 is 6.16. The van der Waals surface area contributed by atoms with Crippen LogP contribution in [0.25, 0.3) is 11.5 Å². The van der Waals surface area contributed by atoms with Gasteiger partial charge >= 0.3 is 5.97 Å². The Kier molecular flexibility index (Phi) is 7.72. The predicted octanol–water partition coefficient (Wildman–Crippen LogP) is 2.70. The zero-order chi connectivity index (χ0) is 27.7. The fourth-order valence-corrected chi connectivity index (χ4v) is 5.67. The number of rotatable bonds is 8. The van der Waals surface area contributed by atoms with Crippen LogP contribution in [-0.2, 0) is 29.6 Å². The van der Waals surface area contributed by atoms with Crippen LogP contribution in [0.1, 0.15) is 52.9 Å². The van der Waals surface area contributed by atoms with Crippen LogP contribution in [0, 0.1) is 6.92 Å². The number of aromatic carboxylic acids is 1. The molecule has 2 aliphatic heterocycles. The molecule has 0 aliphatic carbocycles. The number of aryl methyl sites for hydroxylation is 2. The van der Waals surface area contributed by atoms with E-state index in [1.807, 2.05) is 19.1 Å². The highest BCUT2D eigenvalue weighted by Crippen LogP contribution is 2.29. The number of hydrogen-bond acceptors (Lipinski definition) is 8. The number of aromatic nitrogens is 5. The van der Waals surface area contributed by atoms with Crippen molar-refractivity contribution in [2.45, 2.75) is 57.7 Å². The van der Waals surface area contributed by atoms with Gasteiger partial charge in [-0.15, -0.1) is 5.10 Å². The van der Waals surface area contributed by atoms with E-state index < -0.39 is 12.0 Å². The predicted molar refractivity (Wildman–Crippen MR) is 142 cm³/mol. The molecule has 1 N–H and O–H groups in total. The van der Waals surface area contributed by atoms with E-state index in [1.54, 1.807) is 11.9 Å². The molecule has 11 nitrogen and oxygen atoms in total. The number of Topliss-reactive ketones (excluding diaryl/α,β-unsaturated/α-hetero) is 1. The Morgan fingerprint density at radius 3 is 2.56 bits per heavy atom. The van der Waals surface area contributed by atoms with Gasteiger partial charge < -0.3 is 10.0 Å². The van der Waals surface area contributed by atoms with Crippen molar-refractivity contribution in [1.82, 2.24) is 35.0 Å². The maximum atomic E-state index is 13.5. The third-order valence-corrected chi connectivity index (χ3v) is 7.96. The smallest absolute Gasteiger partial charge is 0.335 e. The first kappa shape index (κ1) is 26.9. The molecule has 1 atom stereocenters. The number of carbonyl (C=O) groups is 3. The first-order chi connectivity index (χ1) is 18.7. The monoisotopic (exact) mass is 551 g/mol. The van der Waals surface area contributed by atoms with Gasteiger partial charge in [-0.3, -0.25) is 14.5 Å². The van der Waals surface area contributed by atoms with E-state index in [-0.39, 0.29) is 35.4 Å². The molecule has 5 rings (SSSR count). The third-order valence-electron chi connectivity index (χ3n) is 7.54. The summed E-state index contributed by atoms with van der Waals surface area (Å²) in [7, 11) is 1.62. The van der Waals surface area contributed by atoms with Crippen molar-refractivity contribution in [2.75, 3.05) is 13.1 Å². The quantitative estimate of drug-likeness (QED) is 0.448. The van der Waals surface area contributed by atoms with E-state index in [1.165, 1.54) is 22.4 Å². The number of amides is 1. The molecule has 0 saturated carbocycles. The normalized spacial score (nSPS) is 18.6.